The normalized spacial score (nSPS) is 10.9. The van der Waals surface area contributed by atoms with Gasteiger partial charge in [0.15, 0.2) is 0 Å². The molecule has 0 fully saturated rings. The average molecular weight is 368 g/mol. The van der Waals surface area contributed by atoms with E-state index in [0.717, 1.165) is 22.3 Å². The number of aromatic nitrogens is 3. The molecule has 0 saturated carbocycles. The lowest BCUT2D eigenvalue weighted by atomic mass is 10.2. The van der Waals surface area contributed by atoms with E-state index in [2.05, 4.69) is 31.7 Å². The van der Waals surface area contributed by atoms with Gasteiger partial charge in [-0.05, 0) is 55.5 Å². The fourth-order valence-corrected chi connectivity index (χ4v) is 2.92. The molecule has 2 aromatic carbocycles. The van der Waals surface area contributed by atoms with Gasteiger partial charge in [-0.3, -0.25) is 0 Å². The number of anilines is 4. The van der Waals surface area contributed by atoms with E-state index in [-0.39, 0.29) is 5.02 Å². The molecule has 3 N–H and O–H groups in total. The molecular formula is C19H15ClFN5. The second kappa shape index (κ2) is 6.65. The summed E-state index contributed by atoms with van der Waals surface area (Å²) in [6, 6.07) is 14.0. The Morgan fingerprint density at radius 3 is 2.77 bits per heavy atom. The summed E-state index contributed by atoms with van der Waals surface area (Å²) in [4.78, 5) is 11.9. The van der Waals surface area contributed by atoms with Gasteiger partial charge in [0.05, 0.1) is 10.7 Å². The van der Waals surface area contributed by atoms with Gasteiger partial charge in [-0.2, -0.15) is 4.98 Å². The van der Waals surface area contributed by atoms with Gasteiger partial charge >= 0.3 is 0 Å². The molecule has 2 heterocycles. The third-order valence-corrected chi connectivity index (χ3v) is 4.17. The Balaban J connectivity index is 1.56. The summed E-state index contributed by atoms with van der Waals surface area (Å²) >= 11 is 6.03. The summed E-state index contributed by atoms with van der Waals surface area (Å²) in [5.74, 6) is 0.599. The monoisotopic (exact) mass is 367 g/mol. The molecule has 0 aliphatic heterocycles. The molecule has 0 radical (unpaired) electrons. The van der Waals surface area contributed by atoms with Crippen molar-refractivity contribution in [1.29, 1.82) is 0 Å². The molecular weight excluding hydrogens is 353 g/mol. The van der Waals surface area contributed by atoms with Crippen LogP contribution in [0.4, 0.5) is 27.5 Å². The molecule has 0 unspecified atom stereocenters. The van der Waals surface area contributed by atoms with Crippen molar-refractivity contribution < 1.29 is 4.39 Å². The van der Waals surface area contributed by atoms with Gasteiger partial charge < -0.3 is 15.6 Å². The summed E-state index contributed by atoms with van der Waals surface area (Å²) in [6.07, 6.45) is 1.63. The standard InChI is InChI=1S/C19H15ClFN5/c1-11-8-12-9-14(3-5-16(12)23-11)24-18-6-7-22-19(26-18)25-17-4-2-13(21)10-15(17)20/h2-10,23H,1H3,(H2,22,24,25,26). The molecule has 4 aromatic rings. The number of aromatic amines is 1. The molecule has 0 atom stereocenters. The predicted octanol–water partition coefficient (Wildman–Crippen LogP) is 5.55. The van der Waals surface area contributed by atoms with Crippen LogP contribution in [-0.4, -0.2) is 15.0 Å². The van der Waals surface area contributed by atoms with E-state index in [9.17, 15) is 4.39 Å². The van der Waals surface area contributed by atoms with Crippen LogP contribution in [0.3, 0.4) is 0 Å². The fourth-order valence-electron chi connectivity index (χ4n) is 2.70. The van der Waals surface area contributed by atoms with Crippen LogP contribution < -0.4 is 10.6 Å². The van der Waals surface area contributed by atoms with Crippen molar-refractivity contribution in [3.8, 4) is 0 Å². The van der Waals surface area contributed by atoms with Gasteiger partial charge in [0.25, 0.3) is 0 Å². The number of benzene rings is 2. The first-order valence-electron chi connectivity index (χ1n) is 7.98. The largest absolute Gasteiger partial charge is 0.359 e. The predicted molar refractivity (Wildman–Crippen MR) is 103 cm³/mol. The van der Waals surface area contributed by atoms with E-state index in [1.165, 1.54) is 12.1 Å². The third kappa shape index (κ3) is 3.45. The number of rotatable bonds is 4. The van der Waals surface area contributed by atoms with E-state index in [4.69, 9.17) is 11.6 Å². The van der Waals surface area contributed by atoms with Gasteiger partial charge in [-0.1, -0.05) is 11.6 Å². The number of halogens is 2. The summed E-state index contributed by atoms with van der Waals surface area (Å²) < 4.78 is 13.1. The molecule has 0 amide bonds. The second-order valence-electron chi connectivity index (χ2n) is 5.89. The SMILES string of the molecule is Cc1cc2cc(Nc3ccnc(Nc4ccc(F)cc4Cl)n3)ccc2[nH]1. The van der Waals surface area contributed by atoms with Crippen LogP contribution in [0.1, 0.15) is 5.69 Å². The minimum atomic E-state index is -0.396. The Hall–Kier alpha value is -3.12. The Morgan fingerprint density at radius 2 is 1.92 bits per heavy atom. The van der Waals surface area contributed by atoms with Crippen LogP contribution in [0.5, 0.6) is 0 Å². The van der Waals surface area contributed by atoms with Crippen LogP contribution in [0.2, 0.25) is 5.02 Å². The minimum Gasteiger partial charge on any atom is -0.359 e. The zero-order valence-electron chi connectivity index (χ0n) is 13.8. The number of nitrogens with one attached hydrogen (secondary N) is 3. The van der Waals surface area contributed by atoms with Gasteiger partial charge in [-0.25, -0.2) is 9.37 Å². The molecule has 130 valence electrons. The smallest absolute Gasteiger partial charge is 0.229 e. The zero-order valence-corrected chi connectivity index (χ0v) is 14.6. The van der Waals surface area contributed by atoms with Gasteiger partial charge in [-0.15, -0.1) is 0 Å². The van der Waals surface area contributed by atoms with Crippen molar-refractivity contribution >= 4 is 45.6 Å². The number of hydrogen-bond donors (Lipinski definition) is 3. The second-order valence-corrected chi connectivity index (χ2v) is 6.30. The lowest BCUT2D eigenvalue weighted by Crippen LogP contribution is -2.00. The highest BCUT2D eigenvalue weighted by molar-refractivity contribution is 6.33. The highest BCUT2D eigenvalue weighted by Gasteiger charge is 2.06. The van der Waals surface area contributed by atoms with Gasteiger partial charge in [0.1, 0.15) is 11.6 Å². The maximum Gasteiger partial charge on any atom is 0.229 e. The van der Waals surface area contributed by atoms with Crippen molar-refractivity contribution in [1.82, 2.24) is 15.0 Å². The van der Waals surface area contributed by atoms with Crippen molar-refractivity contribution in [2.45, 2.75) is 6.92 Å². The summed E-state index contributed by atoms with van der Waals surface area (Å²) in [6.45, 7) is 2.02. The van der Waals surface area contributed by atoms with Crippen LogP contribution in [-0.2, 0) is 0 Å². The van der Waals surface area contributed by atoms with Crippen LogP contribution in [0, 0.1) is 12.7 Å². The van der Waals surface area contributed by atoms with Crippen LogP contribution in [0.25, 0.3) is 10.9 Å². The van der Waals surface area contributed by atoms with Crippen LogP contribution >= 0.6 is 11.6 Å². The Kier molecular flexibility index (Phi) is 4.18. The van der Waals surface area contributed by atoms with Gasteiger partial charge in [0, 0.05) is 28.5 Å². The number of nitrogens with zero attached hydrogens (tertiary/aromatic N) is 2. The van der Waals surface area contributed by atoms with E-state index >= 15 is 0 Å². The van der Waals surface area contributed by atoms with Crippen LogP contribution in [0.15, 0.2) is 54.7 Å². The number of fused-ring (bicyclic) bond motifs is 1. The summed E-state index contributed by atoms with van der Waals surface area (Å²) in [5.41, 5.74) is 3.65. The first-order valence-corrected chi connectivity index (χ1v) is 8.36. The molecule has 0 saturated heterocycles. The average Bonchev–Trinajstić information content (AvgIpc) is 2.97. The van der Waals surface area contributed by atoms with Crippen molar-refractivity contribution in [3.05, 3.63) is 71.3 Å². The number of hydrogen-bond acceptors (Lipinski definition) is 4. The Labute approximate surface area is 154 Å². The third-order valence-electron chi connectivity index (χ3n) is 3.86. The summed E-state index contributed by atoms with van der Waals surface area (Å²) in [7, 11) is 0. The van der Waals surface area contributed by atoms with Gasteiger partial charge in [0.2, 0.25) is 5.95 Å². The molecule has 0 bridgehead atoms. The highest BCUT2D eigenvalue weighted by atomic mass is 35.5. The molecule has 4 rings (SSSR count). The Morgan fingerprint density at radius 1 is 1.04 bits per heavy atom. The summed E-state index contributed by atoms with van der Waals surface area (Å²) in [5, 5.41) is 7.64. The topological polar surface area (TPSA) is 65.6 Å². The minimum absolute atomic E-state index is 0.264. The highest BCUT2D eigenvalue weighted by Crippen LogP contribution is 2.26. The number of aryl methyl sites for hydroxylation is 1. The van der Waals surface area contributed by atoms with Crippen molar-refractivity contribution in [2.24, 2.45) is 0 Å². The first kappa shape index (κ1) is 16.4. The maximum absolute atomic E-state index is 13.1. The molecule has 0 aliphatic carbocycles. The molecule has 26 heavy (non-hydrogen) atoms. The number of H-pyrrole nitrogens is 1. The van der Waals surface area contributed by atoms with E-state index in [0.29, 0.717) is 17.5 Å². The van der Waals surface area contributed by atoms with Crippen molar-refractivity contribution in [3.63, 3.8) is 0 Å². The lowest BCUT2D eigenvalue weighted by Gasteiger charge is -2.09. The lowest BCUT2D eigenvalue weighted by molar-refractivity contribution is 0.628. The molecule has 0 aliphatic rings. The maximum atomic E-state index is 13.1. The molecule has 2 aromatic heterocycles. The quantitative estimate of drug-likeness (QED) is 0.442. The van der Waals surface area contributed by atoms with E-state index < -0.39 is 5.82 Å². The Bertz CT molecular complexity index is 1090. The fraction of sp³-hybridized carbons (Fsp3) is 0.0526. The van der Waals surface area contributed by atoms with E-state index in [1.807, 2.05) is 25.1 Å². The van der Waals surface area contributed by atoms with Crippen molar-refractivity contribution in [2.75, 3.05) is 10.6 Å². The first-order chi connectivity index (χ1) is 12.6. The molecule has 0 spiro atoms. The molecule has 5 nitrogen and oxygen atoms in total. The molecule has 7 heteroatoms. The van der Waals surface area contributed by atoms with E-state index in [1.54, 1.807) is 18.3 Å². The zero-order chi connectivity index (χ0) is 18.1.